The van der Waals surface area contributed by atoms with Gasteiger partial charge in [0.25, 0.3) is 0 Å². The molecule has 0 atom stereocenters. The van der Waals surface area contributed by atoms with Crippen LogP contribution in [0, 0.1) is 5.92 Å². The molecule has 0 saturated heterocycles. The highest BCUT2D eigenvalue weighted by molar-refractivity contribution is 7.89. The highest BCUT2D eigenvalue weighted by Gasteiger charge is 2.22. The van der Waals surface area contributed by atoms with E-state index in [1.807, 2.05) is 30.5 Å². The number of anilines is 1. The molecule has 26 heavy (non-hydrogen) atoms. The van der Waals surface area contributed by atoms with E-state index in [9.17, 15) is 8.42 Å². The molecule has 140 valence electrons. The Labute approximate surface area is 156 Å². The van der Waals surface area contributed by atoms with E-state index in [4.69, 9.17) is 0 Å². The zero-order chi connectivity index (χ0) is 18.4. The Kier molecular flexibility index (Phi) is 6.27. The summed E-state index contributed by atoms with van der Waals surface area (Å²) in [7, 11) is -3.09. The van der Waals surface area contributed by atoms with E-state index >= 15 is 0 Å². The van der Waals surface area contributed by atoms with Gasteiger partial charge in [-0.25, -0.2) is 18.1 Å². The zero-order valence-electron chi connectivity index (χ0n) is 15.2. The van der Waals surface area contributed by atoms with Crippen LogP contribution in [-0.4, -0.2) is 31.7 Å². The first-order chi connectivity index (χ1) is 12.6. The van der Waals surface area contributed by atoms with Gasteiger partial charge in [-0.05, 0) is 61.8 Å². The molecule has 0 unspecified atom stereocenters. The molecule has 1 aliphatic rings. The summed E-state index contributed by atoms with van der Waals surface area (Å²) in [5.41, 5.74) is 2.34. The third kappa shape index (κ3) is 5.29. The van der Waals surface area contributed by atoms with Crippen LogP contribution in [0.5, 0.6) is 0 Å². The molecule has 1 aromatic carbocycles. The number of benzene rings is 1. The lowest BCUT2D eigenvalue weighted by atomic mass is 9.86. The SMILES string of the molecule is CCS(=O)(=O)NCC1CCC(Nc2cc(-c3ccccc3)ccn2)CC1. The topological polar surface area (TPSA) is 71.1 Å². The second-order valence-corrected chi connectivity index (χ2v) is 9.01. The molecule has 1 aliphatic carbocycles. The van der Waals surface area contributed by atoms with Crippen molar-refractivity contribution in [2.24, 2.45) is 5.92 Å². The number of aromatic nitrogens is 1. The number of hydrogen-bond acceptors (Lipinski definition) is 4. The maximum atomic E-state index is 11.6. The third-order valence-corrected chi connectivity index (χ3v) is 6.40. The van der Waals surface area contributed by atoms with Crippen molar-refractivity contribution in [2.45, 2.75) is 38.6 Å². The molecule has 5 nitrogen and oxygen atoms in total. The molecule has 0 bridgehead atoms. The molecule has 1 fully saturated rings. The second-order valence-electron chi connectivity index (χ2n) is 6.91. The summed E-state index contributed by atoms with van der Waals surface area (Å²) in [6.07, 6.45) is 5.98. The summed E-state index contributed by atoms with van der Waals surface area (Å²) >= 11 is 0. The van der Waals surface area contributed by atoms with Gasteiger partial charge in [0.1, 0.15) is 5.82 Å². The van der Waals surface area contributed by atoms with E-state index in [1.165, 1.54) is 5.56 Å². The number of nitrogens with one attached hydrogen (secondary N) is 2. The van der Waals surface area contributed by atoms with Crippen LogP contribution >= 0.6 is 0 Å². The molecule has 1 saturated carbocycles. The maximum absolute atomic E-state index is 11.6. The van der Waals surface area contributed by atoms with Crippen molar-refractivity contribution in [1.82, 2.24) is 9.71 Å². The first-order valence-corrected chi connectivity index (χ1v) is 11.0. The highest BCUT2D eigenvalue weighted by atomic mass is 32.2. The number of sulfonamides is 1. The molecule has 2 N–H and O–H groups in total. The van der Waals surface area contributed by atoms with Gasteiger partial charge in [0.15, 0.2) is 0 Å². The Morgan fingerprint density at radius 3 is 2.46 bits per heavy atom. The lowest BCUT2D eigenvalue weighted by Gasteiger charge is -2.29. The van der Waals surface area contributed by atoms with Crippen LogP contribution in [-0.2, 0) is 10.0 Å². The summed E-state index contributed by atoms with van der Waals surface area (Å²) in [6.45, 7) is 2.23. The van der Waals surface area contributed by atoms with Crippen molar-refractivity contribution in [3.8, 4) is 11.1 Å². The van der Waals surface area contributed by atoms with Crippen molar-refractivity contribution in [3.05, 3.63) is 48.7 Å². The van der Waals surface area contributed by atoms with Crippen molar-refractivity contribution in [1.29, 1.82) is 0 Å². The Morgan fingerprint density at radius 1 is 1.04 bits per heavy atom. The third-order valence-electron chi connectivity index (χ3n) is 5.04. The maximum Gasteiger partial charge on any atom is 0.211 e. The lowest BCUT2D eigenvalue weighted by molar-refractivity contribution is 0.337. The van der Waals surface area contributed by atoms with Crippen LogP contribution < -0.4 is 10.0 Å². The second kappa shape index (κ2) is 8.64. The summed E-state index contributed by atoms with van der Waals surface area (Å²) in [5, 5.41) is 3.55. The standard InChI is InChI=1S/C20H27N3O2S/c1-2-26(24,25)22-15-16-8-10-19(11-9-16)23-20-14-18(12-13-21-20)17-6-4-3-5-7-17/h3-7,12-14,16,19,22H,2,8-11,15H2,1H3,(H,21,23). The molecular weight excluding hydrogens is 346 g/mol. The van der Waals surface area contributed by atoms with Gasteiger partial charge in [-0.2, -0.15) is 0 Å². The molecule has 0 amide bonds. The fourth-order valence-corrected chi connectivity index (χ4v) is 4.08. The minimum Gasteiger partial charge on any atom is -0.367 e. The normalized spacial score (nSPS) is 20.7. The fraction of sp³-hybridized carbons (Fsp3) is 0.450. The fourth-order valence-electron chi connectivity index (χ4n) is 3.39. The predicted molar refractivity (Wildman–Crippen MR) is 107 cm³/mol. The van der Waals surface area contributed by atoms with E-state index < -0.39 is 10.0 Å². The molecule has 3 rings (SSSR count). The van der Waals surface area contributed by atoms with Crippen LogP contribution in [0.2, 0.25) is 0 Å². The molecule has 6 heteroatoms. The monoisotopic (exact) mass is 373 g/mol. The van der Waals surface area contributed by atoms with Crippen molar-refractivity contribution in [2.75, 3.05) is 17.6 Å². The summed E-state index contributed by atoms with van der Waals surface area (Å²) in [6, 6.07) is 14.8. The lowest BCUT2D eigenvalue weighted by Crippen LogP contribution is -2.34. The van der Waals surface area contributed by atoms with Gasteiger partial charge in [0.05, 0.1) is 5.75 Å². The Balaban J connectivity index is 1.52. The summed E-state index contributed by atoms with van der Waals surface area (Å²) in [5.74, 6) is 1.48. The summed E-state index contributed by atoms with van der Waals surface area (Å²) in [4.78, 5) is 4.45. The first-order valence-electron chi connectivity index (χ1n) is 9.31. The largest absolute Gasteiger partial charge is 0.367 e. The van der Waals surface area contributed by atoms with E-state index in [2.05, 4.69) is 33.2 Å². The molecule has 1 aromatic heterocycles. The van der Waals surface area contributed by atoms with Crippen LogP contribution in [0.3, 0.4) is 0 Å². The van der Waals surface area contributed by atoms with Crippen LogP contribution in [0.1, 0.15) is 32.6 Å². The van der Waals surface area contributed by atoms with E-state index in [0.717, 1.165) is 37.1 Å². The van der Waals surface area contributed by atoms with Gasteiger partial charge in [-0.15, -0.1) is 0 Å². The van der Waals surface area contributed by atoms with E-state index in [0.29, 0.717) is 18.5 Å². The Morgan fingerprint density at radius 2 is 1.77 bits per heavy atom. The number of hydrogen-bond donors (Lipinski definition) is 2. The van der Waals surface area contributed by atoms with Gasteiger partial charge in [-0.3, -0.25) is 0 Å². The van der Waals surface area contributed by atoms with Gasteiger partial charge >= 0.3 is 0 Å². The smallest absolute Gasteiger partial charge is 0.211 e. The van der Waals surface area contributed by atoms with Crippen molar-refractivity contribution in [3.63, 3.8) is 0 Å². The molecule has 0 radical (unpaired) electrons. The van der Waals surface area contributed by atoms with Gasteiger partial charge in [-0.1, -0.05) is 30.3 Å². The molecule has 0 spiro atoms. The number of rotatable bonds is 7. The Hall–Kier alpha value is -1.92. The predicted octanol–water partition coefficient (Wildman–Crippen LogP) is 3.66. The average molecular weight is 374 g/mol. The van der Waals surface area contributed by atoms with Gasteiger partial charge in [0.2, 0.25) is 10.0 Å². The van der Waals surface area contributed by atoms with Crippen LogP contribution in [0.4, 0.5) is 5.82 Å². The quantitative estimate of drug-likeness (QED) is 0.777. The summed E-state index contributed by atoms with van der Waals surface area (Å²) < 4.78 is 25.8. The average Bonchev–Trinajstić information content (AvgIpc) is 2.68. The molecule has 2 aromatic rings. The first kappa shape index (κ1) is 18.9. The molecular formula is C20H27N3O2S. The number of nitrogens with zero attached hydrogens (tertiary/aromatic N) is 1. The van der Waals surface area contributed by atoms with E-state index in [1.54, 1.807) is 6.92 Å². The van der Waals surface area contributed by atoms with E-state index in [-0.39, 0.29) is 5.75 Å². The van der Waals surface area contributed by atoms with Gasteiger partial charge < -0.3 is 5.32 Å². The minimum absolute atomic E-state index is 0.146. The van der Waals surface area contributed by atoms with Crippen molar-refractivity contribution < 1.29 is 8.42 Å². The molecule has 1 heterocycles. The van der Waals surface area contributed by atoms with Crippen LogP contribution in [0.15, 0.2) is 48.7 Å². The highest BCUT2D eigenvalue weighted by Crippen LogP contribution is 2.27. The molecule has 0 aliphatic heterocycles. The van der Waals surface area contributed by atoms with Gasteiger partial charge in [0, 0.05) is 18.8 Å². The van der Waals surface area contributed by atoms with Crippen molar-refractivity contribution >= 4 is 15.8 Å². The number of pyridine rings is 1. The minimum atomic E-state index is -3.09. The van der Waals surface area contributed by atoms with Crippen LogP contribution in [0.25, 0.3) is 11.1 Å². The Bertz CT molecular complexity index is 801. The zero-order valence-corrected chi connectivity index (χ0v) is 16.0.